The molecule has 0 bridgehead atoms. The third kappa shape index (κ3) is 2.73. The minimum atomic E-state index is 0.209. The Kier molecular flexibility index (Phi) is 3.59. The summed E-state index contributed by atoms with van der Waals surface area (Å²) < 4.78 is 11.1. The van der Waals surface area contributed by atoms with Crippen molar-refractivity contribution in [2.75, 3.05) is 0 Å². The molecule has 0 aliphatic rings. The van der Waals surface area contributed by atoms with Crippen LogP contribution in [0.2, 0.25) is 0 Å². The lowest BCUT2D eigenvalue weighted by atomic mass is 10.1. The molecule has 0 saturated carbocycles. The first-order chi connectivity index (χ1) is 10.0. The van der Waals surface area contributed by atoms with E-state index in [-0.39, 0.29) is 5.92 Å². The van der Waals surface area contributed by atoms with Crippen molar-refractivity contribution in [2.24, 2.45) is 0 Å². The number of aromatic nitrogens is 4. The average Bonchev–Trinajstić information content (AvgIpc) is 3.06. The highest BCUT2D eigenvalue weighted by molar-refractivity contribution is 9.10. The minimum Gasteiger partial charge on any atom is -0.364 e. The Hall–Kier alpha value is -2.02. The molecule has 3 aromatic heterocycles. The lowest BCUT2D eigenvalue weighted by Gasteiger charge is -1.99. The SMILES string of the molecule is Cc1cc(Br)nc(-c2noc(-c3conc3C(C)C)n2)c1. The van der Waals surface area contributed by atoms with Crippen LogP contribution in [0.1, 0.15) is 31.0 Å². The summed E-state index contributed by atoms with van der Waals surface area (Å²) in [6, 6.07) is 3.82. The molecule has 0 N–H and O–H groups in total. The molecule has 6 nitrogen and oxygen atoms in total. The van der Waals surface area contributed by atoms with Gasteiger partial charge >= 0.3 is 0 Å². The molecule has 108 valence electrons. The van der Waals surface area contributed by atoms with Gasteiger partial charge in [0.05, 0.1) is 5.69 Å². The van der Waals surface area contributed by atoms with E-state index in [1.54, 1.807) is 0 Å². The second kappa shape index (κ2) is 5.40. The van der Waals surface area contributed by atoms with E-state index in [0.29, 0.717) is 17.4 Å². The Morgan fingerprint density at radius 2 is 1.95 bits per heavy atom. The average molecular weight is 349 g/mol. The summed E-state index contributed by atoms with van der Waals surface area (Å²) in [5, 5.41) is 7.96. The summed E-state index contributed by atoms with van der Waals surface area (Å²) in [5.74, 6) is 1.03. The fraction of sp³-hybridized carbons (Fsp3) is 0.286. The van der Waals surface area contributed by atoms with Crippen LogP contribution in [0.3, 0.4) is 0 Å². The first-order valence-electron chi connectivity index (χ1n) is 6.47. The summed E-state index contributed by atoms with van der Waals surface area (Å²) in [5.41, 5.74) is 3.23. The van der Waals surface area contributed by atoms with Gasteiger partial charge in [0.15, 0.2) is 0 Å². The Morgan fingerprint density at radius 1 is 1.14 bits per heavy atom. The summed E-state index contributed by atoms with van der Waals surface area (Å²) in [6.07, 6.45) is 1.52. The van der Waals surface area contributed by atoms with Crippen LogP contribution in [0.15, 0.2) is 32.0 Å². The molecule has 0 unspecified atom stereocenters. The molecule has 3 aromatic rings. The van der Waals surface area contributed by atoms with Crippen LogP contribution < -0.4 is 0 Å². The van der Waals surface area contributed by atoms with Crippen molar-refractivity contribution in [2.45, 2.75) is 26.7 Å². The smallest absolute Gasteiger partial charge is 0.263 e. The third-order valence-electron chi connectivity index (χ3n) is 2.97. The van der Waals surface area contributed by atoms with Crippen LogP contribution in [0, 0.1) is 6.92 Å². The fourth-order valence-electron chi connectivity index (χ4n) is 2.00. The fourth-order valence-corrected chi connectivity index (χ4v) is 2.55. The zero-order valence-corrected chi connectivity index (χ0v) is 13.4. The second-order valence-corrected chi connectivity index (χ2v) is 5.86. The van der Waals surface area contributed by atoms with Crippen molar-refractivity contribution < 1.29 is 9.05 Å². The lowest BCUT2D eigenvalue weighted by molar-refractivity contribution is 0.407. The van der Waals surface area contributed by atoms with E-state index < -0.39 is 0 Å². The molecular formula is C14H13BrN4O2. The van der Waals surface area contributed by atoms with Crippen LogP contribution in [-0.4, -0.2) is 20.3 Å². The van der Waals surface area contributed by atoms with E-state index in [4.69, 9.17) is 9.05 Å². The number of rotatable bonds is 3. The van der Waals surface area contributed by atoms with Crippen LogP contribution in [-0.2, 0) is 0 Å². The summed E-state index contributed by atoms with van der Waals surface area (Å²) in [4.78, 5) is 8.74. The maximum atomic E-state index is 5.32. The van der Waals surface area contributed by atoms with Gasteiger partial charge in [0.2, 0.25) is 5.82 Å². The first-order valence-corrected chi connectivity index (χ1v) is 7.27. The molecule has 21 heavy (non-hydrogen) atoms. The summed E-state index contributed by atoms with van der Waals surface area (Å²) >= 11 is 3.36. The van der Waals surface area contributed by atoms with Crippen molar-refractivity contribution in [1.29, 1.82) is 0 Å². The van der Waals surface area contributed by atoms with Crippen LogP contribution >= 0.6 is 15.9 Å². The molecule has 0 saturated heterocycles. The maximum Gasteiger partial charge on any atom is 0.263 e. The predicted molar refractivity (Wildman–Crippen MR) is 79.6 cm³/mol. The first kappa shape index (κ1) is 13.9. The number of aryl methyl sites for hydroxylation is 1. The van der Waals surface area contributed by atoms with E-state index >= 15 is 0 Å². The summed E-state index contributed by atoms with van der Waals surface area (Å²) in [7, 11) is 0. The molecule has 7 heteroatoms. The molecule has 0 atom stereocenters. The Labute approximate surface area is 129 Å². The second-order valence-electron chi connectivity index (χ2n) is 5.04. The highest BCUT2D eigenvalue weighted by Crippen LogP contribution is 2.28. The molecule has 0 aromatic carbocycles. The largest absolute Gasteiger partial charge is 0.364 e. The molecular weight excluding hydrogens is 336 g/mol. The van der Waals surface area contributed by atoms with Gasteiger partial charge in [-0.05, 0) is 46.5 Å². The van der Waals surface area contributed by atoms with Crippen LogP contribution in [0.25, 0.3) is 23.0 Å². The predicted octanol–water partition coefficient (Wildman–Crippen LogP) is 3.98. The number of hydrogen-bond acceptors (Lipinski definition) is 6. The van der Waals surface area contributed by atoms with E-state index in [9.17, 15) is 0 Å². The molecule has 0 aliphatic carbocycles. The number of hydrogen-bond donors (Lipinski definition) is 0. The topological polar surface area (TPSA) is 77.8 Å². The monoisotopic (exact) mass is 348 g/mol. The van der Waals surface area contributed by atoms with Gasteiger partial charge in [0.25, 0.3) is 5.89 Å². The number of halogens is 1. The highest BCUT2D eigenvalue weighted by atomic mass is 79.9. The molecule has 3 heterocycles. The maximum absolute atomic E-state index is 5.32. The zero-order chi connectivity index (χ0) is 15.0. The number of pyridine rings is 1. The normalized spacial score (nSPS) is 11.3. The quantitative estimate of drug-likeness (QED) is 0.666. The van der Waals surface area contributed by atoms with Crippen LogP contribution in [0.5, 0.6) is 0 Å². The van der Waals surface area contributed by atoms with E-state index in [1.165, 1.54) is 6.26 Å². The van der Waals surface area contributed by atoms with E-state index in [2.05, 4.69) is 36.2 Å². The van der Waals surface area contributed by atoms with Gasteiger partial charge in [0, 0.05) is 0 Å². The number of nitrogens with zero attached hydrogens (tertiary/aromatic N) is 4. The molecule has 0 aliphatic heterocycles. The van der Waals surface area contributed by atoms with E-state index in [1.807, 2.05) is 32.9 Å². The van der Waals surface area contributed by atoms with Crippen molar-refractivity contribution in [3.63, 3.8) is 0 Å². The Morgan fingerprint density at radius 3 is 2.67 bits per heavy atom. The molecule has 0 fully saturated rings. The lowest BCUT2D eigenvalue weighted by Crippen LogP contribution is -1.91. The Bertz CT molecular complexity index is 759. The van der Waals surface area contributed by atoms with Crippen LogP contribution in [0.4, 0.5) is 0 Å². The van der Waals surface area contributed by atoms with Gasteiger partial charge < -0.3 is 9.05 Å². The van der Waals surface area contributed by atoms with Gasteiger partial charge in [-0.2, -0.15) is 4.98 Å². The van der Waals surface area contributed by atoms with Crippen molar-refractivity contribution in [3.05, 3.63) is 34.3 Å². The van der Waals surface area contributed by atoms with E-state index in [0.717, 1.165) is 21.4 Å². The van der Waals surface area contributed by atoms with Gasteiger partial charge in [-0.25, -0.2) is 4.98 Å². The summed E-state index contributed by atoms with van der Waals surface area (Å²) in [6.45, 7) is 6.03. The Balaban J connectivity index is 2.02. The highest BCUT2D eigenvalue weighted by Gasteiger charge is 2.20. The van der Waals surface area contributed by atoms with Gasteiger partial charge in [-0.15, -0.1) is 0 Å². The van der Waals surface area contributed by atoms with Crippen molar-refractivity contribution in [1.82, 2.24) is 20.3 Å². The molecule has 3 rings (SSSR count). The van der Waals surface area contributed by atoms with Gasteiger partial charge in [0.1, 0.15) is 22.1 Å². The molecule has 0 spiro atoms. The van der Waals surface area contributed by atoms with Gasteiger partial charge in [-0.3, -0.25) is 0 Å². The standard InChI is InChI=1S/C14H13BrN4O2/c1-7(2)12-9(6-20-18-12)14-17-13(19-21-14)10-4-8(3)5-11(15)16-10/h4-7H,1-3H3. The molecule has 0 amide bonds. The zero-order valence-electron chi connectivity index (χ0n) is 11.8. The molecule has 0 radical (unpaired) electrons. The van der Waals surface area contributed by atoms with Crippen molar-refractivity contribution in [3.8, 4) is 23.0 Å². The van der Waals surface area contributed by atoms with Gasteiger partial charge in [-0.1, -0.05) is 24.2 Å². The van der Waals surface area contributed by atoms with Crippen molar-refractivity contribution >= 4 is 15.9 Å². The minimum absolute atomic E-state index is 0.209. The third-order valence-corrected chi connectivity index (χ3v) is 3.37.